The molecule has 11 heteroatoms. The zero-order chi connectivity index (χ0) is 36.1. The molecular weight excluding hydrogens is 640 g/mol. The molecular formula is C39H52N2O9. The van der Waals surface area contributed by atoms with Gasteiger partial charge in [0, 0.05) is 37.8 Å². The van der Waals surface area contributed by atoms with Crippen LogP contribution in [0, 0.1) is 28.6 Å². The Balaban J connectivity index is 0.959. The van der Waals surface area contributed by atoms with Gasteiger partial charge < -0.3 is 25.6 Å². The van der Waals surface area contributed by atoms with Crippen LogP contribution in [0.3, 0.4) is 0 Å². The van der Waals surface area contributed by atoms with E-state index < -0.39 is 35.3 Å². The monoisotopic (exact) mass is 692 g/mol. The van der Waals surface area contributed by atoms with Crippen molar-refractivity contribution in [2.75, 3.05) is 13.2 Å². The van der Waals surface area contributed by atoms with Gasteiger partial charge in [-0.1, -0.05) is 38.0 Å². The van der Waals surface area contributed by atoms with Crippen molar-refractivity contribution in [3.05, 3.63) is 47.0 Å². The molecule has 0 unspecified atom stereocenters. The standard InChI is InChI=1S/C39H52N2O9/c1-37-18-15-28(42)22-27(37)11-12-29-30(37)16-19-38(2)31(29)17-20-39(38,49)32(43)24-50-35(46)14-13-34(45)40-21-5-3-4-6-33(44)41-23-25-7-9-26(10-8-25)36(47)48/h7-10,22,29-31,49H,3-6,11-21,23-24H2,1-2H3,(H,40,45)(H,41,44)(H,47,48)/t29-,30-,31+,37-,38+,39-/m0/s1. The summed E-state index contributed by atoms with van der Waals surface area (Å²) >= 11 is 0. The van der Waals surface area contributed by atoms with Crippen LogP contribution in [0.15, 0.2) is 35.9 Å². The lowest BCUT2D eigenvalue weighted by molar-refractivity contribution is -0.170. The molecule has 0 heterocycles. The van der Waals surface area contributed by atoms with Gasteiger partial charge in [-0.2, -0.15) is 0 Å². The van der Waals surface area contributed by atoms with Crippen LogP contribution < -0.4 is 10.6 Å². The van der Waals surface area contributed by atoms with Crippen LogP contribution in [0.25, 0.3) is 0 Å². The van der Waals surface area contributed by atoms with Gasteiger partial charge in [0.25, 0.3) is 0 Å². The number of aromatic carboxylic acids is 1. The quantitative estimate of drug-likeness (QED) is 0.148. The molecule has 0 aromatic heterocycles. The molecule has 1 aromatic carbocycles. The summed E-state index contributed by atoms with van der Waals surface area (Å²) < 4.78 is 5.27. The minimum absolute atomic E-state index is 0.00594. The van der Waals surface area contributed by atoms with E-state index in [0.29, 0.717) is 63.5 Å². The van der Waals surface area contributed by atoms with Gasteiger partial charge in [-0.15, -0.1) is 0 Å². The molecule has 6 atom stereocenters. The van der Waals surface area contributed by atoms with E-state index in [9.17, 15) is 33.9 Å². The topological polar surface area (TPSA) is 176 Å². The third kappa shape index (κ3) is 7.87. The lowest BCUT2D eigenvalue weighted by Crippen LogP contribution is -2.58. The molecule has 0 aliphatic heterocycles. The van der Waals surface area contributed by atoms with Gasteiger partial charge in [0.1, 0.15) is 5.60 Å². The number of ketones is 2. The van der Waals surface area contributed by atoms with Crippen LogP contribution >= 0.6 is 0 Å². The van der Waals surface area contributed by atoms with Crippen molar-refractivity contribution in [2.45, 2.75) is 116 Å². The molecule has 2 amide bonds. The van der Waals surface area contributed by atoms with Gasteiger partial charge in [-0.05, 0) is 105 Å². The average molecular weight is 693 g/mol. The molecule has 0 spiro atoms. The van der Waals surface area contributed by atoms with Crippen molar-refractivity contribution in [3.8, 4) is 0 Å². The number of unbranched alkanes of at least 4 members (excludes halogenated alkanes) is 2. The first-order chi connectivity index (χ1) is 23.8. The summed E-state index contributed by atoms with van der Waals surface area (Å²) in [6, 6.07) is 6.32. The second-order valence-corrected chi connectivity index (χ2v) is 15.3. The number of Topliss-reactive ketones (excluding diaryl/α,β-unsaturated/α-hetero) is 1. The lowest BCUT2D eigenvalue weighted by Gasteiger charge is -2.58. The predicted octanol–water partition coefficient (Wildman–Crippen LogP) is 4.83. The Bertz CT molecular complexity index is 1520. The summed E-state index contributed by atoms with van der Waals surface area (Å²) in [7, 11) is 0. The van der Waals surface area contributed by atoms with Crippen molar-refractivity contribution in [1.29, 1.82) is 0 Å². The Morgan fingerprint density at radius 2 is 1.56 bits per heavy atom. The number of carbonyl (C=O) groups is 6. The number of carboxylic acid groups (broad SMARTS) is 1. The molecule has 1 aromatic rings. The molecule has 11 nitrogen and oxygen atoms in total. The van der Waals surface area contributed by atoms with Crippen LogP contribution in [0.5, 0.6) is 0 Å². The van der Waals surface area contributed by atoms with E-state index >= 15 is 0 Å². The highest BCUT2D eigenvalue weighted by Gasteiger charge is 2.66. The zero-order valence-corrected chi connectivity index (χ0v) is 29.4. The number of amides is 2. The molecule has 5 rings (SSSR count). The maximum absolute atomic E-state index is 13.5. The van der Waals surface area contributed by atoms with Gasteiger partial charge in [-0.25, -0.2) is 4.79 Å². The first kappa shape index (κ1) is 37.4. The minimum atomic E-state index is -1.56. The number of esters is 1. The summed E-state index contributed by atoms with van der Waals surface area (Å²) in [4.78, 5) is 73.3. The highest BCUT2D eigenvalue weighted by Crippen LogP contribution is 2.67. The van der Waals surface area contributed by atoms with Crippen LogP contribution in [0.4, 0.5) is 0 Å². The molecule has 0 bridgehead atoms. The Morgan fingerprint density at radius 3 is 2.30 bits per heavy atom. The van der Waals surface area contributed by atoms with Crippen LogP contribution in [0.2, 0.25) is 0 Å². The fourth-order valence-corrected chi connectivity index (χ4v) is 9.54. The van der Waals surface area contributed by atoms with Crippen molar-refractivity contribution in [1.82, 2.24) is 10.6 Å². The smallest absolute Gasteiger partial charge is 0.335 e. The van der Waals surface area contributed by atoms with E-state index in [0.717, 1.165) is 44.1 Å². The van der Waals surface area contributed by atoms with E-state index in [2.05, 4.69) is 17.6 Å². The zero-order valence-electron chi connectivity index (χ0n) is 29.4. The first-order valence-electron chi connectivity index (χ1n) is 18.3. The summed E-state index contributed by atoms with van der Waals surface area (Å²) in [5.41, 5.74) is 0.130. The Hall–Kier alpha value is -3.86. The molecule has 0 saturated heterocycles. The molecule has 4 aliphatic rings. The number of fused-ring (bicyclic) bond motifs is 5. The Labute approximate surface area is 294 Å². The largest absolute Gasteiger partial charge is 0.478 e. The van der Waals surface area contributed by atoms with E-state index in [4.69, 9.17) is 9.84 Å². The third-order valence-electron chi connectivity index (χ3n) is 12.6. The number of nitrogens with one attached hydrogen (secondary N) is 2. The second-order valence-electron chi connectivity index (χ2n) is 15.3. The fraction of sp³-hybridized carbons (Fsp3) is 0.641. The molecule has 3 fully saturated rings. The van der Waals surface area contributed by atoms with Crippen LogP contribution in [-0.4, -0.2) is 64.3 Å². The lowest BCUT2D eigenvalue weighted by atomic mass is 9.46. The van der Waals surface area contributed by atoms with Crippen LogP contribution in [0.1, 0.15) is 120 Å². The fourth-order valence-electron chi connectivity index (χ4n) is 9.54. The van der Waals surface area contributed by atoms with Gasteiger partial charge in [0.2, 0.25) is 17.6 Å². The Morgan fingerprint density at radius 1 is 0.840 bits per heavy atom. The summed E-state index contributed by atoms with van der Waals surface area (Å²) in [5.74, 6) is -1.29. The maximum Gasteiger partial charge on any atom is 0.335 e. The van der Waals surface area contributed by atoms with Crippen molar-refractivity contribution < 1.29 is 43.7 Å². The SMILES string of the molecule is C[C@]12CCC(=O)C=C1CC[C@@H]1[C@H]3CC[C@](O)(C(=O)COC(=O)CCC(=O)NCCCCCC(=O)NCc4ccc(C(=O)O)cc4)[C@]3(C)CC[C@@H]12. The summed E-state index contributed by atoms with van der Waals surface area (Å²) in [6.07, 6.45) is 10.0. The predicted molar refractivity (Wildman–Crippen MR) is 184 cm³/mol. The highest BCUT2D eigenvalue weighted by atomic mass is 16.5. The van der Waals surface area contributed by atoms with Crippen molar-refractivity contribution in [2.24, 2.45) is 28.6 Å². The number of allylic oxidation sites excluding steroid dienone is 1. The average Bonchev–Trinajstić information content (AvgIpc) is 3.38. The normalized spacial score (nSPS) is 29.9. The molecule has 50 heavy (non-hydrogen) atoms. The third-order valence-corrected chi connectivity index (χ3v) is 12.6. The van der Waals surface area contributed by atoms with Crippen LogP contribution in [-0.2, 0) is 35.3 Å². The van der Waals surface area contributed by atoms with Gasteiger partial charge in [0.15, 0.2) is 12.4 Å². The molecule has 4 aliphatic carbocycles. The van der Waals surface area contributed by atoms with Gasteiger partial charge >= 0.3 is 11.9 Å². The maximum atomic E-state index is 13.5. The number of carboxylic acids is 1. The molecule has 272 valence electrons. The second kappa shape index (κ2) is 15.6. The number of hydrogen-bond donors (Lipinski definition) is 4. The molecule has 3 saturated carbocycles. The number of hydrogen-bond acceptors (Lipinski definition) is 8. The van der Waals surface area contributed by atoms with Crippen molar-refractivity contribution >= 4 is 35.3 Å². The number of ether oxygens (including phenoxy) is 1. The number of rotatable bonds is 15. The van der Waals surface area contributed by atoms with Gasteiger partial charge in [0.05, 0.1) is 12.0 Å². The first-order valence-corrected chi connectivity index (χ1v) is 18.3. The number of benzene rings is 1. The van der Waals surface area contributed by atoms with E-state index in [1.807, 2.05) is 13.0 Å². The number of carbonyl (C=O) groups excluding carboxylic acids is 5. The van der Waals surface area contributed by atoms with E-state index in [-0.39, 0.29) is 47.3 Å². The highest BCUT2D eigenvalue weighted by molar-refractivity contribution is 5.92. The Kier molecular flexibility index (Phi) is 11.7. The summed E-state index contributed by atoms with van der Waals surface area (Å²) in [6.45, 7) is 4.55. The van der Waals surface area contributed by atoms with E-state index in [1.165, 1.54) is 17.7 Å². The summed E-state index contributed by atoms with van der Waals surface area (Å²) in [5, 5.41) is 26.4. The minimum Gasteiger partial charge on any atom is -0.478 e. The number of aliphatic hydroxyl groups is 1. The molecule has 0 radical (unpaired) electrons. The van der Waals surface area contributed by atoms with Crippen molar-refractivity contribution in [3.63, 3.8) is 0 Å². The van der Waals surface area contributed by atoms with Gasteiger partial charge in [-0.3, -0.25) is 24.0 Å². The van der Waals surface area contributed by atoms with E-state index in [1.54, 1.807) is 12.1 Å². The molecule has 4 N–H and O–H groups in total.